The van der Waals surface area contributed by atoms with Gasteiger partial charge in [0.15, 0.2) is 0 Å². The summed E-state index contributed by atoms with van der Waals surface area (Å²) in [6, 6.07) is 11.4. The molecule has 8 heteroatoms. The zero-order valence-electron chi connectivity index (χ0n) is 11.2. The fourth-order valence-corrected chi connectivity index (χ4v) is 2.98. The van der Waals surface area contributed by atoms with E-state index in [4.69, 9.17) is 0 Å². The average molecular weight is 318 g/mol. The van der Waals surface area contributed by atoms with Gasteiger partial charge in [0, 0.05) is 0 Å². The van der Waals surface area contributed by atoms with Crippen LogP contribution >= 0.6 is 0 Å². The largest absolute Gasteiger partial charge is 0.277 e. The first-order valence-corrected chi connectivity index (χ1v) is 7.77. The van der Waals surface area contributed by atoms with Crippen LogP contribution in [-0.2, 0) is 10.0 Å². The van der Waals surface area contributed by atoms with E-state index in [1.165, 1.54) is 29.5 Å². The van der Waals surface area contributed by atoms with Crippen molar-refractivity contribution in [3.63, 3.8) is 0 Å². The Hall–Kier alpha value is -2.74. The number of hydrogen-bond donors (Lipinski definition) is 1. The molecule has 0 aliphatic carbocycles. The number of rotatable bonds is 4. The molecule has 0 fully saturated rings. The molecular formula is C14H11FN4O2S. The number of para-hydroxylation sites is 2. The van der Waals surface area contributed by atoms with Gasteiger partial charge in [0.05, 0.1) is 16.3 Å². The number of aromatic nitrogens is 3. The summed E-state index contributed by atoms with van der Waals surface area (Å²) in [6.07, 6.45) is 2.82. The summed E-state index contributed by atoms with van der Waals surface area (Å²) in [7, 11) is -3.82. The van der Waals surface area contributed by atoms with Crippen molar-refractivity contribution in [2.45, 2.75) is 4.90 Å². The highest BCUT2D eigenvalue weighted by Gasteiger charge is 2.16. The summed E-state index contributed by atoms with van der Waals surface area (Å²) in [4.78, 5) is 3.81. The third kappa shape index (κ3) is 2.82. The van der Waals surface area contributed by atoms with Crippen LogP contribution in [-0.4, -0.2) is 23.2 Å². The standard InChI is InChI=1S/C14H11FN4O2S/c15-11-5-7-12(8-6-11)22(20,21)18-13-3-1-2-4-14(13)19-10-16-9-17-19/h1-10,18H. The molecule has 0 atom stereocenters. The molecule has 3 aromatic rings. The van der Waals surface area contributed by atoms with Crippen molar-refractivity contribution in [3.05, 3.63) is 67.0 Å². The number of nitrogens with zero attached hydrogens (tertiary/aromatic N) is 3. The minimum atomic E-state index is -3.82. The van der Waals surface area contributed by atoms with Crippen LogP contribution in [0.2, 0.25) is 0 Å². The van der Waals surface area contributed by atoms with Gasteiger partial charge in [-0.3, -0.25) is 4.72 Å². The van der Waals surface area contributed by atoms with Crippen LogP contribution in [0.15, 0.2) is 66.1 Å². The molecule has 3 rings (SSSR count). The molecule has 6 nitrogen and oxygen atoms in total. The fourth-order valence-electron chi connectivity index (χ4n) is 1.91. The Morgan fingerprint density at radius 2 is 1.77 bits per heavy atom. The van der Waals surface area contributed by atoms with Gasteiger partial charge in [-0.2, -0.15) is 5.10 Å². The summed E-state index contributed by atoms with van der Waals surface area (Å²) in [5, 5.41) is 3.98. The second kappa shape index (κ2) is 5.57. The zero-order valence-corrected chi connectivity index (χ0v) is 12.0. The summed E-state index contributed by atoms with van der Waals surface area (Å²) in [6.45, 7) is 0. The van der Waals surface area contributed by atoms with Crippen LogP contribution in [0.3, 0.4) is 0 Å². The maximum atomic E-state index is 12.9. The van der Waals surface area contributed by atoms with Crippen molar-refractivity contribution in [2.75, 3.05) is 4.72 Å². The molecule has 2 aromatic carbocycles. The van der Waals surface area contributed by atoms with E-state index in [2.05, 4.69) is 14.8 Å². The number of anilines is 1. The van der Waals surface area contributed by atoms with E-state index in [0.29, 0.717) is 11.4 Å². The van der Waals surface area contributed by atoms with E-state index in [1.54, 1.807) is 24.3 Å². The minimum absolute atomic E-state index is 0.0257. The molecule has 1 aromatic heterocycles. The normalized spacial score (nSPS) is 11.3. The Bertz CT molecular complexity index is 877. The first kappa shape index (κ1) is 14.2. The average Bonchev–Trinajstić information content (AvgIpc) is 3.02. The molecule has 0 spiro atoms. The van der Waals surface area contributed by atoms with Gasteiger partial charge in [0.2, 0.25) is 0 Å². The molecule has 22 heavy (non-hydrogen) atoms. The highest BCUT2D eigenvalue weighted by Crippen LogP contribution is 2.22. The molecular weight excluding hydrogens is 307 g/mol. The fraction of sp³-hybridized carbons (Fsp3) is 0. The monoisotopic (exact) mass is 318 g/mol. The molecule has 0 saturated carbocycles. The van der Waals surface area contributed by atoms with Crippen molar-refractivity contribution in [1.82, 2.24) is 14.8 Å². The van der Waals surface area contributed by atoms with Crippen molar-refractivity contribution in [3.8, 4) is 5.69 Å². The topological polar surface area (TPSA) is 76.9 Å². The van der Waals surface area contributed by atoms with Crippen LogP contribution in [0.4, 0.5) is 10.1 Å². The summed E-state index contributed by atoms with van der Waals surface area (Å²) in [5.41, 5.74) is 0.878. The summed E-state index contributed by atoms with van der Waals surface area (Å²) < 4.78 is 41.5. The first-order chi connectivity index (χ1) is 10.6. The zero-order chi connectivity index (χ0) is 15.6. The summed E-state index contributed by atoms with van der Waals surface area (Å²) >= 11 is 0. The second-order valence-corrected chi connectivity index (χ2v) is 6.10. The molecule has 0 bridgehead atoms. The Balaban J connectivity index is 1.98. The lowest BCUT2D eigenvalue weighted by Gasteiger charge is -2.12. The SMILES string of the molecule is O=S(=O)(Nc1ccccc1-n1cncn1)c1ccc(F)cc1. The van der Waals surface area contributed by atoms with Crippen LogP contribution in [0.1, 0.15) is 0 Å². The molecule has 1 N–H and O–H groups in total. The van der Waals surface area contributed by atoms with Crippen molar-refractivity contribution < 1.29 is 12.8 Å². The molecule has 0 saturated heterocycles. The Morgan fingerprint density at radius 3 is 2.45 bits per heavy atom. The number of sulfonamides is 1. The third-order valence-corrected chi connectivity index (χ3v) is 4.32. The van der Waals surface area contributed by atoms with Crippen molar-refractivity contribution in [1.29, 1.82) is 0 Å². The van der Waals surface area contributed by atoms with Gasteiger partial charge >= 0.3 is 0 Å². The van der Waals surface area contributed by atoms with Gasteiger partial charge in [0.1, 0.15) is 18.5 Å². The van der Waals surface area contributed by atoms with Gasteiger partial charge < -0.3 is 0 Å². The first-order valence-electron chi connectivity index (χ1n) is 6.29. The highest BCUT2D eigenvalue weighted by atomic mass is 32.2. The second-order valence-electron chi connectivity index (χ2n) is 4.42. The lowest BCUT2D eigenvalue weighted by molar-refractivity contribution is 0.599. The lowest BCUT2D eigenvalue weighted by Crippen LogP contribution is -2.14. The van der Waals surface area contributed by atoms with E-state index in [0.717, 1.165) is 12.1 Å². The maximum Gasteiger partial charge on any atom is 0.261 e. The third-order valence-electron chi connectivity index (χ3n) is 2.94. The minimum Gasteiger partial charge on any atom is -0.277 e. The molecule has 0 aliphatic rings. The van der Waals surface area contributed by atoms with Gasteiger partial charge in [-0.25, -0.2) is 22.5 Å². The van der Waals surface area contributed by atoms with Crippen LogP contribution < -0.4 is 4.72 Å². The number of hydrogen-bond acceptors (Lipinski definition) is 4. The number of nitrogens with one attached hydrogen (secondary N) is 1. The van der Waals surface area contributed by atoms with Gasteiger partial charge in [-0.05, 0) is 36.4 Å². The van der Waals surface area contributed by atoms with E-state index in [-0.39, 0.29) is 4.90 Å². The van der Waals surface area contributed by atoms with Crippen LogP contribution in [0.5, 0.6) is 0 Å². The number of benzene rings is 2. The van der Waals surface area contributed by atoms with E-state index in [1.807, 2.05) is 0 Å². The molecule has 1 heterocycles. The molecule has 112 valence electrons. The van der Waals surface area contributed by atoms with Gasteiger partial charge in [-0.15, -0.1) is 0 Å². The lowest BCUT2D eigenvalue weighted by atomic mass is 10.3. The van der Waals surface area contributed by atoms with Crippen molar-refractivity contribution >= 4 is 15.7 Å². The Morgan fingerprint density at radius 1 is 1.05 bits per heavy atom. The van der Waals surface area contributed by atoms with Crippen LogP contribution in [0.25, 0.3) is 5.69 Å². The quantitative estimate of drug-likeness (QED) is 0.800. The van der Waals surface area contributed by atoms with Crippen molar-refractivity contribution in [2.24, 2.45) is 0 Å². The van der Waals surface area contributed by atoms with E-state index in [9.17, 15) is 12.8 Å². The predicted molar refractivity (Wildman–Crippen MR) is 78.6 cm³/mol. The van der Waals surface area contributed by atoms with Gasteiger partial charge in [0.25, 0.3) is 10.0 Å². The maximum absolute atomic E-state index is 12.9. The smallest absolute Gasteiger partial charge is 0.261 e. The summed E-state index contributed by atoms with van der Waals surface area (Å²) in [5.74, 6) is -0.498. The number of halogens is 1. The molecule has 0 amide bonds. The van der Waals surface area contributed by atoms with Crippen LogP contribution in [0, 0.1) is 5.82 Å². The Labute approximate surface area is 126 Å². The molecule has 0 unspecified atom stereocenters. The molecule has 0 aliphatic heterocycles. The molecule has 0 radical (unpaired) electrons. The Kier molecular flexibility index (Phi) is 3.60. The van der Waals surface area contributed by atoms with E-state index < -0.39 is 15.8 Å². The highest BCUT2D eigenvalue weighted by molar-refractivity contribution is 7.92. The predicted octanol–water partition coefficient (Wildman–Crippen LogP) is 2.21. The van der Waals surface area contributed by atoms with Gasteiger partial charge in [-0.1, -0.05) is 12.1 Å². The van der Waals surface area contributed by atoms with E-state index >= 15 is 0 Å².